The molecule has 0 bridgehead atoms. The number of pyridine rings is 1. The van der Waals surface area contributed by atoms with Gasteiger partial charge in [0.25, 0.3) is 0 Å². The summed E-state index contributed by atoms with van der Waals surface area (Å²) in [6, 6.07) is 9.06. The Balaban J connectivity index is 1.72. The second-order valence-corrected chi connectivity index (χ2v) is 8.23. The molecule has 0 fully saturated rings. The van der Waals surface area contributed by atoms with E-state index in [4.69, 9.17) is 21.1 Å². The topological polar surface area (TPSA) is 48.4 Å². The molecule has 0 radical (unpaired) electrons. The van der Waals surface area contributed by atoms with Crippen molar-refractivity contribution in [1.82, 2.24) is 4.98 Å². The molecular weight excluding hydrogens is 467 g/mol. The van der Waals surface area contributed by atoms with Gasteiger partial charge in [-0.05, 0) is 79.3 Å². The van der Waals surface area contributed by atoms with Crippen LogP contribution in [0.5, 0.6) is 5.88 Å². The average Bonchev–Trinajstić information content (AvgIpc) is 3.29. The van der Waals surface area contributed by atoms with Gasteiger partial charge >= 0.3 is 5.97 Å². The fourth-order valence-corrected chi connectivity index (χ4v) is 4.16. The summed E-state index contributed by atoms with van der Waals surface area (Å²) in [5.74, 6) is -2.32. The highest BCUT2D eigenvalue weighted by Crippen LogP contribution is 2.43. The predicted octanol–water partition coefficient (Wildman–Crippen LogP) is 7.00. The van der Waals surface area contributed by atoms with Gasteiger partial charge in [0.15, 0.2) is 0 Å². The highest BCUT2D eigenvalue weighted by Gasteiger charge is 2.23. The standard InChI is InChI=1S/C26H21ClF3NO3/c1-2-33-26(32)17-8-16(9-20(29)10-17)21-4-3-5-22(21)23-11-18(27)13-31-25(23)34-14-15-6-7-19(28)12-24(15)30/h6-13H,2-5,14H2,1H3. The van der Waals surface area contributed by atoms with E-state index in [0.29, 0.717) is 29.0 Å². The SMILES string of the molecule is CCOC(=O)c1cc(F)cc(C2=C(c3cc(Cl)cnc3OCc3ccc(F)cc3F)CCC2)c1. The molecule has 1 aromatic heterocycles. The third-order valence-electron chi connectivity index (χ3n) is 5.50. The van der Waals surface area contributed by atoms with Crippen molar-refractivity contribution in [3.63, 3.8) is 0 Å². The molecule has 0 N–H and O–H groups in total. The third kappa shape index (κ3) is 5.25. The number of ether oxygens (including phenoxy) is 2. The van der Waals surface area contributed by atoms with Gasteiger partial charge in [0.2, 0.25) is 5.88 Å². The van der Waals surface area contributed by atoms with Gasteiger partial charge in [0.1, 0.15) is 24.1 Å². The van der Waals surface area contributed by atoms with Gasteiger partial charge in [-0.25, -0.2) is 22.9 Å². The molecular formula is C26H21ClF3NO3. The van der Waals surface area contributed by atoms with Crippen molar-refractivity contribution >= 4 is 28.7 Å². The van der Waals surface area contributed by atoms with Gasteiger partial charge in [-0.3, -0.25) is 0 Å². The predicted molar refractivity (Wildman–Crippen MR) is 123 cm³/mol. The van der Waals surface area contributed by atoms with E-state index >= 15 is 0 Å². The first-order valence-corrected chi connectivity index (χ1v) is 11.2. The minimum absolute atomic E-state index is 0.128. The van der Waals surface area contributed by atoms with Crippen molar-refractivity contribution < 1.29 is 27.4 Å². The van der Waals surface area contributed by atoms with Gasteiger partial charge < -0.3 is 9.47 Å². The molecule has 1 aliphatic carbocycles. The van der Waals surface area contributed by atoms with E-state index in [9.17, 15) is 18.0 Å². The van der Waals surface area contributed by atoms with Gasteiger partial charge in [0, 0.05) is 23.4 Å². The maximum Gasteiger partial charge on any atom is 0.338 e. The molecule has 0 saturated carbocycles. The Hall–Kier alpha value is -3.32. The molecule has 0 unspecified atom stereocenters. The van der Waals surface area contributed by atoms with Crippen molar-refractivity contribution in [1.29, 1.82) is 0 Å². The van der Waals surface area contributed by atoms with E-state index in [1.165, 1.54) is 18.3 Å². The Bertz CT molecular complexity index is 1280. The number of esters is 1. The largest absolute Gasteiger partial charge is 0.472 e. The number of aromatic nitrogens is 1. The van der Waals surface area contributed by atoms with E-state index in [1.54, 1.807) is 19.1 Å². The van der Waals surface area contributed by atoms with Gasteiger partial charge in [-0.1, -0.05) is 11.6 Å². The number of allylic oxidation sites excluding steroid dienone is 2. The molecule has 2 aromatic carbocycles. The zero-order valence-electron chi connectivity index (χ0n) is 18.3. The Morgan fingerprint density at radius 3 is 2.59 bits per heavy atom. The Morgan fingerprint density at radius 1 is 1.03 bits per heavy atom. The quantitative estimate of drug-likeness (QED) is 0.336. The number of benzene rings is 2. The molecule has 1 heterocycles. The number of halogens is 4. The van der Waals surface area contributed by atoms with Crippen LogP contribution in [0.1, 0.15) is 53.2 Å². The van der Waals surface area contributed by atoms with Crippen LogP contribution in [0.25, 0.3) is 11.1 Å². The lowest BCUT2D eigenvalue weighted by molar-refractivity contribution is 0.0525. The van der Waals surface area contributed by atoms with Crippen LogP contribution in [0.3, 0.4) is 0 Å². The van der Waals surface area contributed by atoms with Crippen LogP contribution in [-0.2, 0) is 11.3 Å². The molecule has 8 heteroatoms. The first-order valence-electron chi connectivity index (χ1n) is 10.8. The lowest BCUT2D eigenvalue weighted by Gasteiger charge is -2.15. The summed E-state index contributed by atoms with van der Waals surface area (Å²) in [6.45, 7) is 1.70. The minimum Gasteiger partial charge on any atom is -0.472 e. The summed E-state index contributed by atoms with van der Waals surface area (Å²) in [5.41, 5.74) is 3.16. The van der Waals surface area contributed by atoms with Crippen LogP contribution >= 0.6 is 11.6 Å². The molecule has 1 aliphatic rings. The average molecular weight is 488 g/mol. The summed E-state index contributed by atoms with van der Waals surface area (Å²) in [5, 5.41) is 0.375. The van der Waals surface area contributed by atoms with Crippen molar-refractivity contribution in [2.75, 3.05) is 6.61 Å². The van der Waals surface area contributed by atoms with Gasteiger partial charge in [-0.15, -0.1) is 0 Å². The fourth-order valence-electron chi connectivity index (χ4n) is 4.00. The zero-order chi connectivity index (χ0) is 24.2. The number of hydrogen-bond acceptors (Lipinski definition) is 4. The number of carbonyl (C=O) groups excluding carboxylic acids is 1. The van der Waals surface area contributed by atoms with E-state index in [1.807, 2.05) is 0 Å². The molecule has 0 amide bonds. The summed E-state index contributed by atoms with van der Waals surface area (Å²) in [4.78, 5) is 16.4. The van der Waals surface area contributed by atoms with Crippen LogP contribution in [0.2, 0.25) is 5.02 Å². The maximum atomic E-state index is 14.4. The summed E-state index contributed by atoms with van der Waals surface area (Å²) < 4.78 is 52.5. The lowest BCUT2D eigenvalue weighted by atomic mass is 9.96. The number of rotatable bonds is 7. The molecule has 3 aromatic rings. The van der Waals surface area contributed by atoms with Crippen molar-refractivity contribution in [3.05, 3.63) is 93.4 Å². The van der Waals surface area contributed by atoms with E-state index in [-0.39, 0.29) is 30.2 Å². The molecule has 4 nitrogen and oxygen atoms in total. The molecule has 0 saturated heterocycles. The third-order valence-corrected chi connectivity index (χ3v) is 5.70. The smallest absolute Gasteiger partial charge is 0.338 e. The highest BCUT2D eigenvalue weighted by molar-refractivity contribution is 6.30. The lowest BCUT2D eigenvalue weighted by Crippen LogP contribution is -2.06. The summed E-state index contributed by atoms with van der Waals surface area (Å²) >= 11 is 6.21. The molecule has 0 aliphatic heterocycles. The van der Waals surface area contributed by atoms with Crippen LogP contribution in [0, 0.1) is 17.5 Å². The normalized spacial score (nSPS) is 13.3. The summed E-state index contributed by atoms with van der Waals surface area (Å²) in [6.07, 6.45) is 3.52. The molecule has 176 valence electrons. The van der Waals surface area contributed by atoms with Crippen LogP contribution in [-0.4, -0.2) is 17.6 Å². The van der Waals surface area contributed by atoms with Crippen LogP contribution < -0.4 is 4.74 Å². The first-order chi connectivity index (χ1) is 16.4. The van der Waals surface area contributed by atoms with Crippen molar-refractivity contribution in [3.8, 4) is 5.88 Å². The number of carbonyl (C=O) groups is 1. The maximum absolute atomic E-state index is 14.4. The monoisotopic (exact) mass is 487 g/mol. The zero-order valence-corrected chi connectivity index (χ0v) is 19.1. The van der Waals surface area contributed by atoms with Crippen LogP contribution in [0.15, 0.2) is 48.7 Å². The molecule has 0 atom stereocenters. The van der Waals surface area contributed by atoms with Gasteiger partial charge in [0.05, 0.1) is 17.2 Å². The number of hydrogen-bond donors (Lipinski definition) is 0. The fraction of sp³-hybridized carbons (Fsp3) is 0.231. The second-order valence-electron chi connectivity index (χ2n) is 7.79. The van der Waals surface area contributed by atoms with Gasteiger partial charge in [-0.2, -0.15) is 0 Å². The Labute approximate surface area is 200 Å². The van der Waals surface area contributed by atoms with E-state index in [2.05, 4.69) is 4.98 Å². The second kappa shape index (κ2) is 10.3. The highest BCUT2D eigenvalue weighted by atomic mass is 35.5. The van der Waals surface area contributed by atoms with Crippen molar-refractivity contribution in [2.45, 2.75) is 32.8 Å². The summed E-state index contributed by atoms with van der Waals surface area (Å²) in [7, 11) is 0. The minimum atomic E-state index is -0.720. The molecule has 4 rings (SSSR count). The van der Waals surface area contributed by atoms with Crippen molar-refractivity contribution in [2.24, 2.45) is 0 Å². The Morgan fingerprint density at radius 2 is 1.82 bits per heavy atom. The Kier molecular flexibility index (Phi) is 7.22. The first kappa shape index (κ1) is 23.8. The van der Waals surface area contributed by atoms with Crippen LogP contribution in [0.4, 0.5) is 13.2 Å². The number of nitrogens with zero attached hydrogens (tertiary/aromatic N) is 1. The molecule has 0 spiro atoms. The molecule has 34 heavy (non-hydrogen) atoms. The van der Waals surface area contributed by atoms with E-state index in [0.717, 1.165) is 35.8 Å². The van der Waals surface area contributed by atoms with E-state index < -0.39 is 23.4 Å².